The van der Waals surface area contributed by atoms with Crippen molar-refractivity contribution in [3.63, 3.8) is 0 Å². The van der Waals surface area contributed by atoms with Crippen LogP contribution in [-0.2, 0) is 17.0 Å². The van der Waals surface area contributed by atoms with Crippen LogP contribution in [0.1, 0.15) is 17.5 Å². The first-order chi connectivity index (χ1) is 14.2. The van der Waals surface area contributed by atoms with Crippen LogP contribution in [0.5, 0.6) is 0 Å². The molecule has 0 radical (unpaired) electrons. The molecule has 4 rings (SSSR count). The maximum atomic E-state index is 13.0. The lowest BCUT2D eigenvalue weighted by molar-refractivity contribution is 0.190. The molecule has 2 aromatic heterocycles. The van der Waals surface area contributed by atoms with E-state index in [0.717, 1.165) is 11.1 Å². The lowest BCUT2D eigenvalue weighted by Gasteiger charge is -2.11. The summed E-state index contributed by atoms with van der Waals surface area (Å²) >= 11 is 1.50. The number of rotatable bonds is 7. The molecule has 8 heteroatoms. The number of hydrogen-bond acceptors (Lipinski definition) is 6. The van der Waals surface area contributed by atoms with E-state index in [0.29, 0.717) is 47.2 Å². The number of hydrogen-bond donors (Lipinski definition) is 0. The molecule has 0 aliphatic rings. The minimum absolute atomic E-state index is 0.0806. The standard InChI is InChI=1S/C21H19N5O2S/c1-28-12-6-11-25-19(27)17-9-4-5-10-18(17)26-20(25)23-24-21(26)29-14-16-8-3-2-7-15(16)13-22/h2-5,7-10H,6,11-12,14H2,1H3. The first-order valence-corrected chi connectivity index (χ1v) is 10.2. The van der Waals surface area contributed by atoms with Crippen molar-refractivity contribution in [2.24, 2.45) is 0 Å². The van der Waals surface area contributed by atoms with Crippen molar-refractivity contribution in [1.29, 1.82) is 5.26 Å². The van der Waals surface area contributed by atoms with Gasteiger partial charge in [0.25, 0.3) is 5.56 Å². The van der Waals surface area contributed by atoms with Crippen LogP contribution in [-0.4, -0.2) is 32.9 Å². The molecular formula is C21H19N5O2S. The first kappa shape index (κ1) is 19.2. The molecule has 0 atom stereocenters. The lowest BCUT2D eigenvalue weighted by Crippen LogP contribution is -2.24. The zero-order valence-electron chi connectivity index (χ0n) is 15.9. The second-order valence-corrected chi connectivity index (χ2v) is 7.44. The Hall–Kier alpha value is -3.15. The number of nitriles is 1. The van der Waals surface area contributed by atoms with Crippen molar-refractivity contribution in [2.45, 2.75) is 23.9 Å². The van der Waals surface area contributed by atoms with Crippen LogP contribution in [0.25, 0.3) is 16.7 Å². The van der Waals surface area contributed by atoms with E-state index in [9.17, 15) is 10.1 Å². The fraction of sp³-hybridized carbons (Fsp3) is 0.238. The summed E-state index contributed by atoms with van der Waals surface area (Å²) in [6, 6.07) is 17.2. The summed E-state index contributed by atoms with van der Waals surface area (Å²) in [7, 11) is 1.64. The molecule has 0 aliphatic carbocycles. The molecule has 0 saturated carbocycles. The second-order valence-electron chi connectivity index (χ2n) is 6.50. The maximum absolute atomic E-state index is 13.0. The molecule has 0 amide bonds. The van der Waals surface area contributed by atoms with Crippen LogP contribution < -0.4 is 5.56 Å². The van der Waals surface area contributed by atoms with Gasteiger partial charge in [-0.3, -0.25) is 13.8 Å². The summed E-state index contributed by atoms with van der Waals surface area (Å²) in [5.41, 5.74) is 2.28. The molecule has 29 heavy (non-hydrogen) atoms. The quantitative estimate of drug-likeness (QED) is 0.347. The molecule has 0 bridgehead atoms. The van der Waals surface area contributed by atoms with E-state index in [-0.39, 0.29) is 5.56 Å². The minimum Gasteiger partial charge on any atom is -0.385 e. The van der Waals surface area contributed by atoms with Gasteiger partial charge >= 0.3 is 0 Å². The summed E-state index contributed by atoms with van der Waals surface area (Å²) in [4.78, 5) is 13.0. The molecule has 2 heterocycles. The van der Waals surface area contributed by atoms with Gasteiger partial charge in [-0.05, 0) is 30.2 Å². The Morgan fingerprint density at radius 1 is 1.14 bits per heavy atom. The zero-order chi connectivity index (χ0) is 20.2. The maximum Gasteiger partial charge on any atom is 0.262 e. The molecule has 0 N–H and O–H groups in total. The fourth-order valence-electron chi connectivity index (χ4n) is 3.29. The summed E-state index contributed by atoms with van der Waals surface area (Å²) in [5.74, 6) is 1.10. The largest absolute Gasteiger partial charge is 0.385 e. The highest BCUT2D eigenvalue weighted by atomic mass is 32.2. The van der Waals surface area contributed by atoms with Gasteiger partial charge in [0, 0.05) is 26.0 Å². The second kappa shape index (κ2) is 8.47. The van der Waals surface area contributed by atoms with Gasteiger partial charge in [-0.2, -0.15) is 5.26 Å². The van der Waals surface area contributed by atoms with E-state index >= 15 is 0 Å². The van der Waals surface area contributed by atoms with Gasteiger partial charge in [-0.25, -0.2) is 0 Å². The molecule has 0 spiro atoms. The highest BCUT2D eigenvalue weighted by Gasteiger charge is 2.17. The number of nitrogens with zero attached hydrogens (tertiary/aromatic N) is 5. The third kappa shape index (κ3) is 3.62. The number of ether oxygens (including phenoxy) is 1. The van der Waals surface area contributed by atoms with Gasteiger partial charge in [-0.1, -0.05) is 42.1 Å². The number of benzene rings is 2. The van der Waals surface area contributed by atoms with Crippen LogP contribution in [0.2, 0.25) is 0 Å². The highest BCUT2D eigenvalue weighted by Crippen LogP contribution is 2.25. The predicted molar refractivity (Wildman–Crippen MR) is 112 cm³/mol. The van der Waals surface area contributed by atoms with Crippen LogP contribution in [0.3, 0.4) is 0 Å². The number of thioether (sulfide) groups is 1. The molecule has 4 aromatic rings. The molecule has 146 valence electrons. The Kier molecular flexibility index (Phi) is 5.60. The Morgan fingerprint density at radius 3 is 2.76 bits per heavy atom. The fourth-order valence-corrected chi connectivity index (χ4v) is 4.24. The van der Waals surface area contributed by atoms with Gasteiger partial charge in [-0.15, -0.1) is 10.2 Å². The molecule has 2 aromatic carbocycles. The van der Waals surface area contributed by atoms with Gasteiger partial charge in [0.15, 0.2) is 5.16 Å². The molecule has 0 aliphatic heterocycles. The van der Waals surface area contributed by atoms with E-state index in [2.05, 4.69) is 16.3 Å². The van der Waals surface area contributed by atoms with Crippen molar-refractivity contribution < 1.29 is 4.74 Å². The molecule has 7 nitrogen and oxygen atoms in total. The number of methoxy groups -OCH3 is 1. The SMILES string of the molecule is COCCCn1c(=O)c2ccccc2n2c(SCc3ccccc3C#N)nnc12. The Labute approximate surface area is 171 Å². The van der Waals surface area contributed by atoms with E-state index in [4.69, 9.17) is 4.74 Å². The predicted octanol–water partition coefficient (Wildman–Crippen LogP) is 3.24. The van der Waals surface area contributed by atoms with E-state index in [1.54, 1.807) is 17.7 Å². The number of aromatic nitrogens is 4. The minimum atomic E-state index is -0.0806. The normalized spacial score (nSPS) is 11.2. The summed E-state index contributed by atoms with van der Waals surface area (Å²) in [5, 5.41) is 19.3. The van der Waals surface area contributed by atoms with Crippen molar-refractivity contribution in [3.8, 4) is 6.07 Å². The number of para-hydroxylation sites is 1. The van der Waals surface area contributed by atoms with Gasteiger partial charge in [0.1, 0.15) is 0 Å². The Balaban J connectivity index is 1.80. The summed E-state index contributed by atoms with van der Waals surface area (Å²) < 4.78 is 8.70. The van der Waals surface area contributed by atoms with Crippen LogP contribution in [0.4, 0.5) is 0 Å². The van der Waals surface area contributed by atoms with Gasteiger partial charge in [0.05, 0.1) is 22.5 Å². The van der Waals surface area contributed by atoms with E-state index in [1.165, 1.54) is 11.8 Å². The van der Waals surface area contributed by atoms with Gasteiger partial charge in [0.2, 0.25) is 5.78 Å². The molecule has 0 saturated heterocycles. The lowest BCUT2D eigenvalue weighted by atomic mass is 10.1. The van der Waals surface area contributed by atoms with Crippen molar-refractivity contribution >= 4 is 28.4 Å². The van der Waals surface area contributed by atoms with Crippen molar-refractivity contribution in [2.75, 3.05) is 13.7 Å². The van der Waals surface area contributed by atoms with E-state index in [1.807, 2.05) is 46.9 Å². The topological polar surface area (TPSA) is 85.2 Å². The monoisotopic (exact) mass is 405 g/mol. The summed E-state index contributed by atoms with van der Waals surface area (Å²) in [6.07, 6.45) is 0.704. The third-order valence-electron chi connectivity index (χ3n) is 4.70. The number of aryl methyl sites for hydroxylation is 1. The van der Waals surface area contributed by atoms with Crippen LogP contribution in [0, 0.1) is 11.3 Å². The average molecular weight is 405 g/mol. The molecular weight excluding hydrogens is 386 g/mol. The van der Waals surface area contributed by atoms with Crippen molar-refractivity contribution in [3.05, 3.63) is 70.0 Å². The Morgan fingerprint density at radius 2 is 1.93 bits per heavy atom. The smallest absolute Gasteiger partial charge is 0.262 e. The Bertz CT molecular complexity index is 1270. The number of fused-ring (bicyclic) bond motifs is 3. The van der Waals surface area contributed by atoms with Crippen LogP contribution >= 0.6 is 11.8 Å². The summed E-state index contributed by atoms with van der Waals surface area (Å²) in [6.45, 7) is 1.06. The highest BCUT2D eigenvalue weighted by molar-refractivity contribution is 7.98. The third-order valence-corrected chi connectivity index (χ3v) is 5.68. The first-order valence-electron chi connectivity index (χ1n) is 9.21. The van der Waals surface area contributed by atoms with Gasteiger partial charge < -0.3 is 4.74 Å². The van der Waals surface area contributed by atoms with Crippen LogP contribution in [0.15, 0.2) is 58.5 Å². The average Bonchev–Trinajstić information content (AvgIpc) is 3.19. The van der Waals surface area contributed by atoms with Crippen molar-refractivity contribution in [1.82, 2.24) is 19.2 Å². The molecule has 0 unspecified atom stereocenters. The van der Waals surface area contributed by atoms with E-state index < -0.39 is 0 Å². The molecule has 0 fully saturated rings. The zero-order valence-corrected chi connectivity index (χ0v) is 16.7.